The lowest BCUT2D eigenvalue weighted by Crippen LogP contribution is -2.58. The molecule has 2 fully saturated rings. The van der Waals surface area contributed by atoms with Crippen LogP contribution in [-0.2, 0) is 4.74 Å². The first-order chi connectivity index (χ1) is 10.8. The second kappa shape index (κ2) is 7.35. The van der Waals surface area contributed by atoms with Crippen LogP contribution in [-0.4, -0.2) is 90.8 Å². The van der Waals surface area contributed by atoms with Crippen molar-refractivity contribution >= 4 is 12.1 Å². The Morgan fingerprint density at radius 1 is 1.30 bits per heavy atom. The van der Waals surface area contributed by atoms with E-state index in [0.29, 0.717) is 32.7 Å². The number of amides is 3. The average molecular weight is 327 g/mol. The first kappa shape index (κ1) is 17.8. The predicted molar refractivity (Wildman–Crippen MR) is 87.2 cm³/mol. The summed E-state index contributed by atoms with van der Waals surface area (Å²) in [6.07, 6.45) is -0.283. The Hall–Kier alpha value is -1.54. The highest BCUT2D eigenvalue weighted by molar-refractivity contribution is 5.76. The summed E-state index contributed by atoms with van der Waals surface area (Å²) in [4.78, 5) is 29.5. The van der Waals surface area contributed by atoms with E-state index in [1.165, 1.54) is 0 Å². The maximum absolute atomic E-state index is 12.2. The lowest BCUT2D eigenvalue weighted by molar-refractivity contribution is 0.00425. The van der Waals surface area contributed by atoms with E-state index in [9.17, 15) is 9.59 Å². The monoisotopic (exact) mass is 327 g/mol. The highest BCUT2D eigenvalue weighted by Crippen LogP contribution is 2.15. The topological polar surface area (TPSA) is 91.1 Å². The van der Waals surface area contributed by atoms with Gasteiger partial charge < -0.3 is 25.6 Å². The molecule has 0 aromatic carbocycles. The van der Waals surface area contributed by atoms with Crippen molar-refractivity contribution < 1.29 is 14.3 Å². The molecular weight excluding hydrogens is 298 g/mol. The van der Waals surface area contributed by atoms with Gasteiger partial charge in [-0.25, -0.2) is 9.59 Å². The molecule has 1 atom stereocenters. The third kappa shape index (κ3) is 4.97. The van der Waals surface area contributed by atoms with Crippen molar-refractivity contribution in [1.29, 1.82) is 0 Å². The van der Waals surface area contributed by atoms with Gasteiger partial charge in [-0.3, -0.25) is 4.90 Å². The molecule has 3 amide bonds. The highest BCUT2D eigenvalue weighted by Gasteiger charge is 2.31. The van der Waals surface area contributed by atoms with Crippen molar-refractivity contribution in [2.45, 2.75) is 32.4 Å². The molecule has 0 aliphatic carbocycles. The number of nitrogens with zero attached hydrogens (tertiary/aromatic N) is 3. The summed E-state index contributed by atoms with van der Waals surface area (Å²) in [6, 6.07) is 0.101. The quantitative estimate of drug-likeness (QED) is 0.752. The first-order valence-corrected chi connectivity index (χ1v) is 8.25. The summed E-state index contributed by atoms with van der Waals surface area (Å²) in [5.41, 5.74) is 5.39. The second-order valence-corrected chi connectivity index (χ2v) is 7.07. The number of ether oxygens (including phenoxy) is 1. The summed E-state index contributed by atoms with van der Waals surface area (Å²) in [7, 11) is 0. The van der Waals surface area contributed by atoms with Crippen molar-refractivity contribution in [3.63, 3.8) is 0 Å². The molecule has 0 radical (unpaired) electrons. The summed E-state index contributed by atoms with van der Waals surface area (Å²) in [5, 5.41) is 2.80. The van der Waals surface area contributed by atoms with Crippen LogP contribution in [0.15, 0.2) is 0 Å². The fourth-order valence-corrected chi connectivity index (χ4v) is 2.88. The summed E-state index contributed by atoms with van der Waals surface area (Å²) in [5.74, 6) is 0. The van der Waals surface area contributed by atoms with Crippen molar-refractivity contribution in [2.75, 3.05) is 52.4 Å². The lowest BCUT2D eigenvalue weighted by atomic mass is 10.1. The van der Waals surface area contributed by atoms with E-state index in [0.717, 1.165) is 19.6 Å². The summed E-state index contributed by atoms with van der Waals surface area (Å²) < 4.78 is 5.43. The highest BCUT2D eigenvalue weighted by atomic mass is 16.6. The van der Waals surface area contributed by atoms with Gasteiger partial charge in [-0.15, -0.1) is 0 Å². The van der Waals surface area contributed by atoms with E-state index in [1.54, 1.807) is 4.90 Å². The fourth-order valence-electron chi connectivity index (χ4n) is 2.88. The van der Waals surface area contributed by atoms with Crippen LogP contribution in [0.3, 0.4) is 0 Å². The van der Waals surface area contributed by atoms with Gasteiger partial charge >= 0.3 is 12.1 Å². The van der Waals surface area contributed by atoms with Gasteiger partial charge in [-0.2, -0.15) is 0 Å². The smallest absolute Gasteiger partial charge is 0.410 e. The van der Waals surface area contributed by atoms with E-state index in [1.807, 2.05) is 25.7 Å². The van der Waals surface area contributed by atoms with Crippen molar-refractivity contribution in [3.8, 4) is 0 Å². The molecule has 0 aromatic heterocycles. The molecule has 2 aliphatic rings. The Morgan fingerprint density at radius 2 is 2.04 bits per heavy atom. The normalized spacial score (nSPS) is 23.1. The molecule has 132 valence electrons. The molecule has 8 heteroatoms. The van der Waals surface area contributed by atoms with Crippen LogP contribution in [0.5, 0.6) is 0 Å². The lowest BCUT2D eigenvalue weighted by Gasteiger charge is -2.41. The van der Waals surface area contributed by atoms with Crippen LogP contribution < -0.4 is 11.1 Å². The number of urea groups is 1. The van der Waals surface area contributed by atoms with Crippen LogP contribution >= 0.6 is 0 Å². The molecule has 0 saturated carbocycles. The number of nitrogens with two attached hydrogens (primary N) is 1. The zero-order valence-electron chi connectivity index (χ0n) is 14.4. The largest absolute Gasteiger partial charge is 0.444 e. The predicted octanol–water partition coefficient (Wildman–Crippen LogP) is -0.108. The van der Waals surface area contributed by atoms with Gasteiger partial charge in [0.2, 0.25) is 0 Å². The van der Waals surface area contributed by atoms with Crippen molar-refractivity contribution in [2.24, 2.45) is 5.73 Å². The van der Waals surface area contributed by atoms with E-state index < -0.39 is 5.60 Å². The van der Waals surface area contributed by atoms with E-state index in [2.05, 4.69) is 10.2 Å². The van der Waals surface area contributed by atoms with Crippen molar-refractivity contribution in [3.05, 3.63) is 0 Å². The third-order valence-corrected chi connectivity index (χ3v) is 4.13. The Labute approximate surface area is 137 Å². The molecule has 0 aromatic rings. The van der Waals surface area contributed by atoms with E-state index in [-0.39, 0.29) is 18.2 Å². The van der Waals surface area contributed by atoms with Gasteiger partial charge in [-0.1, -0.05) is 0 Å². The zero-order valence-corrected chi connectivity index (χ0v) is 14.4. The van der Waals surface area contributed by atoms with Crippen LogP contribution in [0.2, 0.25) is 0 Å². The first-order valence-electron chi connectivity index (χ1n) is 8.25. The number of nitrogens with one attached hydrogen (secondary N) is 1. The molecule has 2 saturated heterocycles. The van der Waals surface area contributed by atoms with E-state index in [4.69, 9.17) is 10.5 Å². The molecule has 3 N–H and O–H groups in total. The van der Waals surface area contributed by atoms with E-state index >= 15 is 0 Å². The van der Waals surface area contributed by atoms with Crippen LogP contribution in [0.4, 0.5) is 9.59 Å². The second-order valence-electron chi connectivity index (χ2n) is 7.07. The van der Waals surface area contributed by atoms with Gasteiger partial charge in [0.1, 0.15) is 5.60 Å². The summed E-state index contributed by atoms with van der Waals surface area (Å²) >= 11 is 0. The molecular formula is C15H29N5O3. The van der Waals surface area contributed by atoms with Crippen molar-refractivity contribution in [1.82, 2.24) is 20.0 Å². The van der Waals surface area contributed by atoms with Gasteiger partial charge in [0.05, 0.1) is 0 Å². The minimum Gasteiger partial charge on any atom is -0.444 e. The van der Waals surface area contributed by atoms with Crippen LogP contribution in [0.25, 0.3) is 0 Å². The number of hydrogen-bond donors (Lipinski definition) is 2. The van der Waals surface area contributed by atoms with Crippen LogP contribution in [0, 0.1) is 0 Å². The molecule has 23 heavy (non-hydrogen) atoms. The average Bonchev–Trinajstić information content (AvgIpc) is 2.88. The molecule has 2 rings (SSSR count). The SMILES string of the molecule is CC(C)(C)OC(=O)N1CCN(CCN2CCNC2=O)C(CN)C1. The molecule has 0 bridgehead atoms. The molecule has 8 nitrogen and oxygen atoms in total. The molecule has 2 heterocycles. The number of carbonyl (C=O) groups is 2. The minimum absolute atomic E-state index is 0.00156. The number of piperazine rings is 1. The zero-order chi connectivity index (χ0) is 17.0. The Kier molecular flexibility index (Phi) is 5.69. The molecule has 1 unspecified atom stereocenters. The Bertz CT molecular complexity index is 437. The third-order valence-electron chi connectivity index (χ3n) is 4.13. The molecule has 2 aliphatic heterocycles. The van der Waals surface area contributed by atoms with Gasteiger partial charge in [0.15, 0.2) is 0 Å². The van der Waals surface area contributed by atoms with Gasteiger partial charge in [0, 0.05) is 58.4 Å². The fraction of sp³-hybridized carbons (Fsp3) is 0.867. The summed E-state index contributed by atoms with van der Waals surface area (Å²) in [6.45, 7) is 10.9. The van der Waals surface area contributed by atoms with Gasteiger partial charge in [-0.05, 0) is 20.8 Å². The standard InChI is InChI=1S/C15H29N5O3/c1-15(2,3)23-14(22)20-9-7-18(12(10-16)11-20)6-8-19-5-4-17-13(19)21/h12H,4-11,16H2,1-3H3,(H,17,21). The maximum atomic E-state index is 12.2. The maximum Gasteiger partial charge on any atom is 0.410 e. The number of carbonyl (C=O) groups excluding carboxylic acids is 2. The number of hydrogen-bond acceptors (Lipinski definition) is 5. The van der Waals surface area contributed by atoms with Crippen LogP contribution in [0.1, 0.15) is 20.8 Å². The number of rotatable bonds is 4. The minimum atomic E-state index is -0.491. The molecule has 0 spiro atoms. The Balaban J connectivity index is 1.83. The van der Waals surface area contributed by atoms with Gasteiger partial charge in [0.25, 0.3) is 0 Å². The Morgan fingerprint density at radius 3 is 2.61 bits per heavy atom.